The maximum Gasteiger partial charge on any atom is 0.251 e. The molecule has 2 aromatic carbocycles. The number of amides is 2. The van der Waals surface area contributed by atoms with Crippen LogP contribution in [0.1, 0.15) is 35.7 Å². The van der Waals surface area contributed by atoms with Crippen LogP contribution in [0.25, 0.3) is 21.9 Å². The van der Waals surface area contributed by atoms with Crippen molar-refractivity contribution in [1.82, 2.24) is 20.8 Å². The zero-order chi connectivity index (χ0) is 21.5. The molecule has 2 N–H and O–H groups in total. The van der Waals surface area contributed by atoms with Gasteiger partial charge in [-0.1, -0.05) is 12.1 Å². The van der Waals surface area contributed by atoms with E-state index in [1.165, 1.54) is 0 Å². The molecule has 1 saturated heterocycles. The van der Waals surface area contributed by atoms with Gasteiger partial charge in [0.05, 0.1) is 6.20 Å². The van der Waals surface area contributed by atoms with E-state index in [2.05, 4.69) is 26.9 Å². The Balaban J connectivity index is 1.52. The van der Waals surface area contributed by atoms with Gasteiger partial charge in [0.2, 0.25) is 5.91 Å². The summed E-state index contributed by atoms with van der Waals surface area (Å²) in [4.78, 5) is 26.6. The summed E-state index contributed by atoms with van der Waals surface area (Å²) >= 11 is 0. The molecule has 1 aliphatic heterocycles. The maximum absolute atomic E-state index is 12.5. The fourth-order valence-corrected chi connectivity index (χ4v) is 4.09. The van der Waals surface area contributed by atoms with E-state index in [9.17, 15) is 9.59 Å². The van der Waals surface area contributed by atoms with Crippen LogP contribution in [0.3, 0.4) is 0 Å². The van der Waals surface area contributed by atoms with Crippen molar-refractivity contribution in [1.29, 1.82) is 0 Å². The van der Waals surface area contributed by atoms with Crippen molar-refractivity contribution >= 4 is 28.4 Å². The van der Waals surface area contributed by atoms with Gasteiger partial charge in [-0.2, -0.15) is 5.10 Å². The molecular formula is C24H25N5O2. The third-order valence-corrected chi connectivity index (χ3v) is 6.14. The van der Waals surface area contributed by atoms with Gasteiger partial charge in [0, 0.05) is 35.5 Å². The van der Waals surface area contributed by atoms with Crippen molar-refractivity contribution in [2.45, 2.75) is 38.8 Å². The summed E-state index contributed by atoms with van der Waals surface area (Å²) in [5.74, 6) is 0.703. The molecule has 0 spiro atoms. The first-order chi connectivity index (χ1) is 15.0. The summed E-state index contributed by atoms with van der Waals surface area (Å²) in [6.07, 6.45) is 3.88. The second-order valence-electron chi connectivity index (χ2n) is 8.41. The van der Waals surface area contributed by atoms with Crippen molar-refractivity contribution in [3.63, 3.8) is 0 Å². The molecule has 1 aliphatic carbocycles. The van der Waals surface area contributed by atoms with Crippen LogP contribution in [0.15, 0.2) is 42.6 Å². The minimum absolute atomic E-state index is 0.00131. The Kier molecular flexibility index (Phi) is 4.81. The first kappa shape index (κ1) is 19.5. The number of carbonyl (C=O) groups excluding carboxylic acids is 2. The molecule has 1 aromatic heterocycles. The van der Waals surface area contributed by atoms with Crippen LogP contribution in [0.2, 0.25) is 0 Å². The van der Waals surface area contributed by atoms with Crippen molar-refractivity contribution in [2.75, 3.05) is 18.0 Å². The average molecular weight is 415 g/mol. The summed E-state index contributed by atoms with van der Waals surface area (Å²) in [6.45, 7) is 5.21. The second-order valence-corrected chi connectivity index (χ2v) is 8.41. The summed E-state index contributed by atoms with van der Waals surface area (Å²) < 4.78 is 0. The van der Waals surface area contributed by atoms with Crippen molar-refractivity contribution in [3.8, 4) is 11.1 Å². The van der Waals surface area contributed by atoms with Gasteiger partial charge in [0.1, 0.15) is 6.04 Å². The van der Waals surface area contributed by atoms with Gasteiger partial charge in [0.15, 0.2) is 5.82 Å². The minimum Gasteiger partial charge on any atom is -0.353 e. The molecule has 2 amide bonds. The van der Waals surface area contributed by atoms with Crippen LogP contribution in [0.5, 0.6) is 0 Å². The summed E-state index contributed by atoms with van der Waals surface area (Å²) in [6, 6.07) is 12.0. The lowest BCUT2D eigenvalue weighted by molar-refractivity contribution is -0.122. The number of aromatic nitrogens is 2. The number of fused-ring (bicyclic) bond motifs is 1. The van der Waals surface area contributed by atoms with Crippen LogP contribution in [-0.2, 0) is 4.79 Å². The number of piperazine rings is 1. The highest BCUT2D eigenvalue weighted by Crippen LogP contribution is 2.32. The Bertz CT molecular complexity index is 1190. The highest BCUT2D eigenvalue weighted by atomic mass is 16.2. The Morgan fingerprint density at radius 1 is 1.19 bits per heavy atom. The molecule has 2 fully saturated rings. The fraction of sp³-hybridized carbons (Fsp3) is 0.333. The van der Waals surface area contributed by atoms with E-state index in [0.29, 0.717) is 24.7 Å². The predicted molar refractivity (Wildman–Crippen MR) is 120 cm³/mol. The van der Waals surface area contributed by atoms with E-state index in [-0.39, 0.29) is 17.9 Å². The SMILES string of the molecule is Cc1ccc(C(=O)NC2CC2)cc1-c1ccc2c(N3CCNC(=O)C3C)nncc2c1. The van der Waals surface area contributed by atoms with Gasteiger partial charge < -0.3 is 15.5 Å². The van der Waals surface area contributed by atoms with E-state index < -0.39 is 0 Å². The number of hydrogen-bond donors (Lipinski definition) is 2. The molecule has 2 heterocycles. The Morgan fingerprint density at radius 2 is 2.03 bits per heavy atom. The van der Waals surface area contributed by atoms with Gasteiger partial charge in [0.25, 0.3) is 5.91 Å². The molecular weight excluding hydrogens is 390 g/mol. The topological polar surface area (TPSA) is 87.2 Å². The van der Waals surface area contributed by atoms with Gasteiger partial charge >= 0.3 is 0 Å². The molecule has 7 heteroatoms. The van der Waals surface area contributed by atoms with Gasteiger partial charge in [-0.05, 0) is 67.6 Å². The van der Waals surface area contributed by atoms with E-state index >= 15 is 0 Å². The molecule has 7 nitrogen and oxygen atoms in total. The second kappa shape index (κ2) is 7.65. The molecule has 1 saturated carbocycles. The number of benzene rings is 2. The van der Waals surface area contributed by atoms with Crippen LogP contribution in [0.4, 0.5) is 5.82 Å². The summed E-state index contributed by atoms with van der Waals surface area (Å²) in [5.41, 5.74) is 3.82. The number of aryl methyl sites for hydroxylation is 1. The molecule has 2 aliphatic rings. The molecule has 31 heavy (non-hydrogen) atoms. The van der Waals surface area contributed by atoms with Gasteiger partial charge in [-0.15, -0.1) is 5.10 Å². The lowest BCUT2D eigenvalue weighted by Gasteiger charge is -2.33. The number of hydrogen-bond acceptors (Lipinski definition) is 5. The Morgan fingerprint density at radius 3 is 2.84 bits per heavy atom. The number of nitrogens with one attached hydrogen (secondary N) is 2. The Labute approximate surface area is 180 Å². The minimum atomic E-state index is -0.294. The van der Waals surface area contributed by atoms with Crippen LogP contribution in [0, 0.1) is 6.92 Å². The third kappa shape index (κ3) is 3.71. The monoisotopic (exact) mass is 415 g/mol. The molecule has 0 radical (unpaired) electrons. The third-order valence-electron chi connectivity index (χ3n) is 6.14. The van der Waals surface area contributed by atoms with Crippen LogP contribution < -0.4 is 15.5 Å². The van der Waals surface area contributed by atoms with Crippen molar-refractivity contribution < 1.29 is 9.59 Å². The van der Waals surface area contributed by atoms with E-state index in [1.54, 1.807) is 6.20 Å². The number of rotatable bonds is 4. The summed E-state index contributed by atoms with van der Waals surface area (Å²) in [5, 5.41) is 16.4. The van der Waals surface area contributed by atoms with Crippen molar-refractivity contribution in [2.24, 2.45) is 0 Å². The maximum atomic E-state index is 12.5. The van der Waals surface area contributed by atoms with E-state index in [1.807, 2.05) is 49.1 Å². The number of nitrogens with zero attached hydrogens (tertiary/aromatic N) is 3. The zero-order valence-corrected chi connectivity index (χ0v) is 17.7. The molecule has 0 bridgehead atoms. The quantitative estimate of drug-likeness (QED) is 0.684. The van der Waals surface area contributed by atoms with E-state index in [4.69, 9.17) is 0 Å². The predicted octanol–water partition coefficient (Wildman–Crippen LogP) is 2.82. The molecule has 3 aromatic rings. The van der Waals surface area contributed by atoms with Crippen LogP contribution in [-0.4, -0.2) is 47.2 Å². The standard InChI is InChI=1S/C24H25N5O2/c1-14-3-4-17(24(31)27-19-6-7-19)12-21(14)16-5-8-20-18(11-16)13-26-28-22(20)29-10-9-25-23(30)15(29)2/h3-5,8,11-13,15,19H,6-7,9-10H2,1-2H3,(H,25,30)(H,27,31). The summed E-state index contributed by atoms with van der Waals surface area (Å²) in [7, 11) is 0. The smallest absolute Gasteiger partial charge is 0.251 e. The van der Waals surface area contributed by atoms with Gasteiger partial charge in [-0.25, -0.2) is 0 Å². The van der Waals surface area contributed by atoms with Crippen LogP contribution >= 0.6 is 0 Å². The largest absolute Gasteiger partial charge is 0.353 e. The molecule has 5 rings (SSSR count). The molecule has 158 valence electrons. The first-order valence-electron chi connectivity index (χ1n) is 10.7. The van der Waals surface area contributed by atoms with Gasteiger partial charge in [-0.3, -0.25) is 9.59 Å². The first-order valence-corrected chi connectivity index (χ1v) is 10.7. The zero-order valence-electron chi connectivity index (χ0n) is 17.7. The highest BCUT2D eigenvalue weighted by Gasteiger charge is 2.28. The molecule has 1 atom stereocenters. The lowest BCUT2D eigenvalue weighted by Crippen LogP contribution is -2.54. The number of anilines is 1. The highest BCUT2D eigenvalue weighted by molar-refractivity contribution is 5.98. The number of carbonyl (C=O) groups is 2. The van der Waals surface area contributed by atoms with E-state index in [0.717, 1.165) is 46.1 Å². The normalized spacial score (nSPS) is 18.7. The Hall–Kier alpha value is -3.48. The van der Waals surface area contributed by atoms with Crippen molar-refractivity contribution in [3.05, 3.63) is 53.7 Å². The fourth-order valence-electron chi connectivity index (χ4n) is 4.09. The molecule has 1 unspecified atom stereocenters. The average Bonchev–Trinajstić information content (AvgIpc) is 3.59. The lowest BCUT2D eigenvalue weighted by atomic mass is 9.96.